The Labute approximate surface area is 68.7 Å². The number of hydrogen-bond acceptors (Lipinski definition) is 2. The van der Waals surface area contributed by atoms with Gasteiger partial charge < -0.3 is 9.73 Å². The van der Waals surface area contributed by atoms with Crippen LogP contribution in [0.25, 0.3) is 0 Å². The normalized spacial score (nSPS) is 10.2. The molecule has 0 saturated heterocycles. The van der Waals surface area contributed by atoms with Crippen molar-refractivity contribution in [3.05, 3.63) is 23.7 Å². The predicted octanol–water partition coefficient (Wildman–Crippen LogP) is 2.03. The maximum Gasteiger partial charge on any atom is 0.117 e. The summed E-state index contributed by atoms with van der Waals surface area (Å²) in [5, 5.41) is 3.10. The van der Waals surface area contributed by atoms with E-state index in [2.05, 4.69) is 21.2 Å². The van der Waals surface area contributed by atoms with E-state index in [9.17, 15) is 0 Å². The van der Waals surface area contributed by atoms with E-state index in [1.54, 1.807) is 0 Å². The van der Waals surface area contributed by atoms with Gasteiger partial charge in [-0.3, -0.25) is 0 Å². The molecular weight excluding hydrogens is 194 g/mol. The Morgan fingerprint density at radius 1 is 1.60 bits per heavy atom. The van der Waals surface area contributed by atoms with Crippen molar-refractivity contribution in [2.75, 3.05) is 5.45 Å². The molecular formula is C7H10BrNO. The van der Waals surface area contributed by atoms with Crippen LogP contribution in [0.3, 0.4) is 0 Å². The number of alkyl halides is 1. The fraction of sp³-hybridized carbons (Fsp3) is 0.429. The van der Waals surface area contributed by atoms with Crippen molar-refractivity contribution in [3.63, 3.8) is 0 Å². The highest BCUT2D eigenvalue weighted by molar-refractivity contribution is 9.09. The Morgan fingerprint density at radius 3 is 2.90 bits per heavy atom. The van der Waals surface area contributed by atoms with E-state index in [1.165, 1.54) is 0 Å². The Hall–Kier alpha value is -0.280. The molecule has 0 unspecified atom stereocenters. The molecule has 1 N–H and O–H groups in total. The summed E-state index contributed by atoms with van der Waals surface area (Å²) in [5.74, 6) is 1.95. The number of aryl methyl sites for hydroxylation is 1. The zero-order chi connectivity index (χ0) is 7.40. The van der Waals surface area contributed by atoms with Crippen LogP contribution >= 0.6 is 15.9 Å². The molecule has 0 spiro atoms. The number of halogens is 1. The van der Waals surface area contributed by atoms with Crippen molar-refractivity contribution < 1.29 is 4.42 Å². The van der Waals surface area contributed by atoms with Crippen molar-refractivity contribution in [2.45, 2.75) is 13.5 Å². The highest BCUT2D eigenvalue weighted by Crippen LogP contribution is 2.05. The van der Waals surface area contributed by atoms with Gasteiger partial charge in [-0.1, -0.05) is 15.9 Å². The van der Waals surface area contributed by atoms with Crippen LogP contribution in [0.2, 0.25) is 0 Å². The zero-order valence-corrected chi connectivity index (χ0v) is 7.44. The lowest BCUT2D eigenvalue weighted by molar-refractivity contribution is 0.470. The second kappa shape index (κ2) is 3.78. The van der Waals surface area contributed by atoms with Crippen molar-refractivity contribution in [1.29, 1.82) is 0 Å². The van der Waals surface area contributed by atoms with Gasteiger partial charge in [0.05, 0.1) is 12.0 Å². The minimum Gasteiger partial charge on any atom is -0.465 e. The van der Waals surface area contributed by atoms with Gasteiger partial charge in [-0.15, -0.1) is 0 Å². The lowest BCUT2D eigenvalue weighted by Crippen LogP contribution is -2.08. The third-order valence-electron chi connectivity index (χ3n) is 1.19. The molecule has 2 nitrogen and oxygen atoms in total. The average Bonchev–Trinajstić information content (AvgIpc) is 2.31. The topological polar surface area (TPSA) is 25.2 Å². The fourth-order valence-electron chi connectivity index (χ4n) is 0.751. The van der Waals surface area contributed by atoms with Crippen LogP contribution in [-0.4, -0.2) is 5.45 Å². The average molecular weight is 204 g/mol. The molecule has 0 atom stereocenters. The maximum absolute atomic E-state index is 5.30. The molecule has 1 heterocycles. The van der Waals surface area contributed by atoms with Gasteiger partial charge in [0.2, 0.25) is 0 Å². The first kappa shape index (κ1) is 7.82. The lowest BCUT2D eigenvalue weighted by atomic mass is 10.4. The summed E-state index contributed by atoms with van der Waals surface area (Å²) in [6, 6.07) is 3.94. The summed E-state index contributed by atoms with van der Waals surface area (Å²) in [6.45, 7) is 2.73. The molecule has 0 fully saturated rings. The summed E-state index contributed by atoms with van der Waals surface area (Å²) in [6.07, 6.45) is 0. The Morgan fingerprint density at radius 2 is 2.40 bits per heavy atom. The summed E-state index contributed by atoms with van der Waals surface area (Å²) in [4.78, 5) is 0. The number of furan rings is 1. The van der Waals surface area contributed by atoms with E-state index in [1.807, 2.05) is 19.1 Å². The maximum atomic E-state index is 5.30. The molecule has 0 aromatic carbocycles. The Kier molecular flexibility index (Phi) is 2.96. The summed E-state index contributed by atoms with van der Waals surface area (Å²) < 4.78 is 5.30. The third kappa shape index (κ3) is 2.15. The first-order valence-electron chi connectivity index (χ1n) is 3.15. The highest BCUT2D eigenvalue weighted by atomic mass is 79.9. The van der Waals surface area contributed by atoms with E-state index in [-0.39, 0.29) is 0 Å². The molecule has 0 saturated carbocycles. The number of rotatable bonds is 3. The molecule has 1 aromatic rings. The van der Waals surface area contributed by atoms with Crippen LogP contribution in [0.15, 0.2) is 16.5 Å². The van der Waals surface area contributed by atoms with Crippen LogP contribution in [0.1, 0.15) is 11.5 Å². The smallest absolute Gasteiger partial charge is 0.117 e. The van der Waals surface area contributed by atoms with Crippen molar-refractivity contribution >= 4 is 15.9 Å². The van der Waals surface area contributed by atoms with Crippen LogP contribution in [0.5, 0.6) is 0 Å². The fourth-order valence-corrected chi connectivity index (χ4v) is 0.949. The predicted molar refractivity (Wildman–Crippen MR) is 44.1 cm³/mol. The van der Waals surface area contributed by atoms with Gasteiger partial charge in [-0.25, -0.2) is 0 Å². The summed E-state index contributed by atoms with van der Waals surface area (Å²) in [7, 11) is 0. The second-order valence-corrected chi connectivity index (χ2v) is 2.63. The van der Waals surface area contributed by atoms with Crippen LogP contribution in [0.4, 0.5) is 0 Å². The number of nitrogens with one attached hydrogen (secondary N) is 1. The van der Waals surface area contributed by atoms with Gasteiger partial charge >= 0.3 is 0 Å². The van der Waals surface area contributed by atoms with Gasteiger partial charge in [0.25, 0.3) is 0 Å². The van der Waals surface area contributed by atoms with Gasteiger partial charge in [-0.2, -0.15) is 0 Å². The molecule has 1 aromatic heterocycles. The molecule has 0 bridgehead atoms. The van der Waals surface area contributed by atoms with Gasteiger partial charge in [0, 0.05) is 0 Å². The minimum atomic E-state index is 0.791. The molecule has 3 heteroatoms. The quantitative estimate of drug-likeness (QED) is 0.601. The standard InChI is InChI=1S/C7H10BrNO/c1-6-2-3-7(10-6)4-9-5-8/h2-3,9H,4-5H2,1H3. The van der Waals surface area contributed by atoms with E-state index in [0.717, 1.165) is 23.5 Å². The van der Waals surface area contributed by atoms with Gasteiger partial charge in [-0.05, 0) is 19.1 Å². The Balaban J connectivity index is 2.42. The molecule has 56 valence electrons. The van der Waals surface area contributed by atoms with Crippen LogP contribution < -0.4 is 5.32 Å². The van der Waals surface area contributed by atoms with Gasteiger partial charge in [0.15, 0.2) is 0 Å². The molecule has 0 radical (unpaired) electrons. The third-order valence-corrected chi connectivity index (χ3v) is 1.59. The largest absolute Gasteiger partial charge is 0.465 e. The highest BCUT2D eigenvalue weighted by Gasteiger charge is 1.94. The molecule has 0 aliphatic heterocycles. The van der Waals surface area contributed by atoms with E-state index >= 15 is 0 Å². The lowest BCUT2D eigenvalue weighted by Gasteiger charge is -1.94. The molecule has 0 aliphatic rings. The summed E-state index contributed by atoms with van der Waals surface area (Å²) in [5.41, 5.74) is 0.798. The van der Waals surface area contributed by atoms with Crippen LogP contribution in [0, 0.1) is 6.92 Å². The molecule has 0 aliphatic carbocycles. The van der Waals surface area contributed by atoms with E-state index in [4.69, 9.17) is 4.42 Å². The van der Waals surface area contributed by atoms with Crippen molar-refractivity contribution in [3.8, 4) is 0 Å². The monoisotopic (exact) mass is 203 g/mol. The first-order chi connectivity index (χ1) is 4.83. The van der Waals surface area contributed by atoms with Crippen LogP contribution in [-0.2, 0) is 6.54 Å². The Bertz CT molecular complexity index is 197. The van der Waals surface area contributed by atoms with E-state index < -0.39 is 0 Å². The molecule has 1 rings (SSSR count). The summed E-state index contributed by atoms with van der Waals surface area (Å²) >= 11 is 3.26. The SMILES string of the molecule is Cc1ccc(CNCBr)o1. The first-order valence-corrected chi connectivity index (χ1v) is 4.27. The second-order valence-electron chi connectivity index (χ2n) is 2.07. The van der Waals surface area contributed by atoms with Gasteiger partial charge in [0.1, 0.15) is 11.5 Å². The van der Waals surface area contributed by atoms with Crippen molar-refractivity contribution in [1.82, 2.24) is 5.32 Å². The number of hydrogen-bond donors (Lipinski definition) is 1. The molecule has 10 heavy (non-hydrogen) atoms. The van der Waals surface area contributed by atoms with Crippen molar-refractivity contribution in [2.24, 2.45) is 0 Å². The molecule has 0 amide bonds. The minimum absolute atomic E-state index is 0.791. The van der Waals surface area contributed by atoms with E-state index in [0.29, 0.717) is 0 Å². The zero-order valence-electron chi connectivity index (χ0n) is 5.86.